The van der Waals surface area contributed by atoms with Crippen LogP contribution in [0.2, 0.25) is 0 Å². The molecule has 11 heavy (non-hydrogen) atoms. The lowest BCUT2D eigenvalue weighted by molar-refractivity contribution is -0.142. The molecular formula is C6H8MgO4. The second-order valence-electron chi connectivity index (χ2n) is 1.52. The number of carboxylic acid groups (broad SMARTS) is 1. The van der Waals surface area contributed by atoms with E-state index in [0.717, 1.165) is 6.08 Å². The van der Waals surface area contributed by atoms with Crippen LogP contribution in [0.4, 0.5) is 0 Å². The molecule has 0 rings (SSSR count). The molecule has 0 aromatic carbocycles. The number of ether oxygens (including phenoxy) is 1. The van der Waals surface area contributed by atoms with Crippen molar-refractivity contribution in [3.8, 4) is 0 Å². The molecule has 0 heterocycles. The van der Waals surface area contributed by atoms with Crippen molar-refractivity contribution in [1.29, 1.82) is 0 Å². The minimum atomic E-state index is -0.989. The molecule has 0 aliphatic rings. The highest BCUT2D eigenvalue weighted by atomic mass is 24.3. The first-order valence-corrected chi connectivity index (χ1v) is 2.68. The highest BCUT2D eigenvalue weighted by molar-refractivity contribution is 5.81. The standard InChI is InChI=1S/C6H8O4.Mg/c1-2-6(9)10-4-3-5(7)8;/h2H,1,3-4H2,(H,7,8);. The van der Waals surface area contributed by atoms with Gasteiger partial charge < -0.3 is 9.84 Å². The fourth-order valence-electron chi connectivity index (χ4n) is 0.298. The third-order valence-corrected chi connectivity index (χ3v) is 0.727. The van der Waals surface area contributed by atoms with Crippen LogP contribution < -0.4 is 0 Å². The van der Waals surface area contributed by atoms with Gasteiger partial charge in [-0.05, 0) is 0 Å². The summed E-state index contributed by atoms with van der Waals surface area (Å²) >= 11 is 0. The average molecular weight is 168 g/mol. The molecule has 0 unspecified atom stereocenters. The van der Waals surface area contributed by atoms with Crippen molar-refractivity contribution in [2.45, 2.75) is 6.42 Å². The van der Waals surface area contributed by atoms with Crippen molar-refractivity contribution in [2.24, 2.45) is 0 Å². The van der Waals surface area contributed by atoms with Crippen LogP contribution in [0.25, 0.3) is 0 Å². The van der Waals surface area contributed by atoms with Gasteiger partial charge >= 0.3 is 11.9 Å². The van der Waals surface area contributed by atoms with E-state index in [0.29, 0.717) is 0 Å². The largest absolute Gasteiger partial charge is 0.481 e. The molecule has 1 N–H and O–H groups in total. The number of carbonyl (C=O) groups excluding carboxylic acids is 1. The molecule has 0 aliphatic heterocycles. The molecule has 5 heteroatoms. The molecule has 0 saturated carbocycles. The maximum absolute atomic E-state index is 10.3. The first-order chi connectivity index (χ1) is 4.66. The van der Waals surface area contributed by atoms with Gasteiger partial charge in [-0.1, -0.05) is 6.58 Å². The Labute approximate surface area is 80.4 Å². The van der Waals surface area contributed by atoms with Gasteiger partial charge in [-0.25, -0.2) is 4.79 Å². The summed E-state index contributed by atoms with van der Waals surface area (Å²) in [4.78, 5) is 20.1. The summed E-state index contributed by atoms with van der Waals surface area (Å²) in [5.74, 6) is -1.59. The van der Waals surface area contributed by atoms with Gasteiger partial charge in [0.25, 0.3) is 0 Å². The van der Waals surface area contributed by atoms with Gasteiger partial charge in [-0.15, -0.1) is 0 Å². The highest BCUT2D eigenvalue weighted by Crippen LogP contribution is 1.83. The van der Waals surface area contributed by atoms with E-state index < -0.39 is 11.9 Å². The number of esters is 1. The molecule has 58 valence electrons. The van der Waals surface area contributed by atoms with Gasteiger partial charge in [-0.2, -0.15) is 0 Å². The van der Waals surface area contributed by atoms with Crippen LogP contribution >= 0.6 is 0 Å². The summed E-state index contributed by atoms with van der Waals surface area (Å²) in [7, 11) is 0. The maximum atomic E-state index is 10.3. The third-order valence-electron chi connectivity index (χ3n) is 0.727. The Kier molecular flexibility index (Phi) is 8.97. The zero-order valence-electron chi connectivity index (χ0n) is 6.08. The lowest BCUT2D eigenvalue weighted by atomic mass is 10.5. The van der Waals surface area contributed by atoms with Crippen LogP contribution in [-0.4, -0.2) is 46.7 Å². The summed E-state index contributed by atoms with van der Waals surface area (Å²) in [6.07, 6.45) is 0.821. The number of hydrogen-bond acceptors (Lipinski definition) is 3. The molecular weight excluding hydrogens is 160 g/mol. The van der Waals surface area contributed by atoms with E-state index in [-0.39, 0.29) is 36.1 Å². The van der Waals surface area contributed by atoms with Crippen LogP contribution in [0, 0.1) is 0 Å². The van der Waals surface area contributed by atoms with E-state index in [4.69, 9.17) is 5.11 Å². The van der Waals surface area contributed by atoms with Crippen LogP contribution in [0.3, 0.4) is 0 Å². The molecule has 0 bridgehead atoms. The molecule has 0 aromatic heterocycles. The summed E-state index contributed by atoms with van der Waals surface area (Å²) in [6.45, 7) is 3.04. The first-order valence-electron chi connectivity index (χ1n) is 2.68. The lowest BCUT2D eigenvalue weighted by Crippen LogP contribution is -2.06. The molecule has 0 aliphatic carbocycles. The van der Waals surface area contributed by atoms with Crippen LogP contribution in [0.15, 0.2) is 12.7 Å². The Morgan fingerprint density at radius 1 is 1.55 bits per heavy atom. The van der Waals surface area contributed by atoms with Gasteiger partial charge in [0.2, 0.25) is 0 Å². The summed E-state index contributed by atoms with van der Waals surface area (Å²) in [6, 6.07) is 0. The molecule has 0 atom stereocenters. The van der Waals surface area contributed by atoms with Crippen molar-refractivity contribution in [3.63, 3.8) is 0 Å². The Bertz CT molecular complexity index is 155. The zero-order valence-corrected chi connectivity index (χ0v) is 7.49. The quantitative estimate of drug-likeness (QED) is 0.359. The number of rotatable bonds is 4. The van der Waals surface area contributed by atoms with Gasteiger partial charge in [0.1, 0.15) is 6.61 Å². The molecule has 4 nitrogen and oxygen atoms in total. The topological polar surface area (TPSA) is 63.6 Å². The molecule has 0 spiro atoms. The molecule has 0 amide bonds. The SMILES string of the molecule is C=CC(=O)OCCC(=O)O.[Mg]. The third kappa shape index (κ3) is 9.45. The Hall–Kier alpha value is -0.554. The monoisotopic (exact) mass is 168 g/mol. The normalized spacial score (nSPS) is 7.64. The van der Waals surface area contributed by atoms with Gasteiger partial charge in [0.15, 0.2) is 0 Å². The maximum Gasteiger partial charge on any atom is 0.330 e. The fourth-order valence-corrected chi connectivity index (χ4v) is 0.298. The van der Waals surface area contributed by atoms with Crippen molar-refractivity contribution in [1.82, 2.24) is 0 Å². The van der Waals surface area contributed by atoms with Gasteiger partial charge in [0, 0.05) is 29.1 Å². The highest BCUT2D eigenvalue weighted by Gasteiger charge is 1.98. The van der Waals surface area contributed by atoms with Crippen molar-refractivity contribution in [2.75, 3.05) is 6.61 Å². The number of carboxylic acids is 1. The summed E-state index contributed by atoms with van der Waals surface area (Å²) in [5.41, 5.74) is 0. The van der Waals surface area contributed by atoms with Crippen molar-refractivity contribution < 1.29 is 19.4 Å². The van der Waals surface area contributed by atoms with E-state index in [2.05, 4.69) is 11.3 Å². The van der Waals surface area contributed by atoms with Crippen LogP contribution in [-0.2, 0) is 14.3 Å². The summed E-state index contributed by atoms with van der Waals surface area (Å²) < 4.78 is 4.36. The zero-order chi connectivity index (χ0) is 7.98. The van der Waals surface area contributed by atoms with E-state index in [9.17, 15) is 9.59 Å². The Morgan fingerprint density at radius 3 is 2.45 bits per heavy atom. The van der Waals surface area contributed by atoms with E-state index in [1.807, 2.05) is 0 Å². The predicted octanol–water partition coefficient (Wildman–Crippen LogP) is -0.190. The second-order valence-corrected chi connectivity index (χ2v) is 1.52. The van der Waals surface area contributed by atoms with Gasteiger partial charge in [-0.3, -0.25) is 4.79 Å². The van der Waals surface area contributed by atoms with E-state index >= 15 is 0 Å². The summed E-state index contributed by atoms with van der Waals surface area (Å²) in [5, 5.41) is 8.08. The fraction of sp³-hybridized carbons (Fsp3) is 0.333. The molecule has 2 radical (unpaired) electrons. The van der Waals surface area contributed by atoms with Gasteiger partial charge in [0.05, 0.1) is 6.42 Å². The number of hydrogen-bond donors (Lipinski definition) is 1. The average Bonchev–Trinajstić information content (AvgIpc) is 1.87. The predicted molar refractivity (Wildman–Crippen MR) is 39.2 cm³/mol. The number of carbonyl (C=O) groups is 2. The number of aliphatic carboxylic acids is 1. The molecule has 0 saturated heterocycles. The van der Waals surface area contributed by atoms with Crippen LogP contribution in [0.1, 0.15) is 6.42 Å². The molecule has 0 aromatic rings. The van der Waals surface area contributed by atoms with Crippen molar-refractivity contribution >= 4 is 35.0 Å². The van der Waals surface area contributed by atoms with E-state index in [1.54, 1.807) is 0 Å². The Balaban J connectivity index is 0. The molecule has 0 fully saturated rings. The smallest absolute Gasteiger partial charge is 0.330 e. The van der Waals surface area contributed by atoms with E-state index in [1.165, 1.54) is 0 Å². The minimum absolute atomic E-state index is 0. The lowest BCUT2D eigenvalue weighted by Gasteiger charge is -1.96. The first kappa shape index (κ1) is 13.1. The van der Waals surface area contributed by atoms with Crippen molar-refractivity contribution in [3.05, 3.63) is 12.7 Å². The minimum Gasteiger partial charge on any atom is -0.481 e. The Morgan fingerprint density at radius 2 is 2.09 bits per heavy atom. The second kappa shape index (κ2) is 7.55. The van der Waals surface area contributed by atoms with Crippen LogP contribution in [0.5, 0.6) is 0 Å².